The summed E-state index contributed by atoms with van der Waals surface area (Å²) < 4.78 is 0. The third kappa shape index (κ3) is 1.37. The largest absolute Gasteiger partial charge is 0.371 e. The molecular formula is C9H11NOS. The fourth-order valence-electron chi connectivity index (χ4n) is 1.26. The second kappa shape index (κ2) is 2.90. The van der Waals surface area contributed by atoms with Crippen molar-refractivity contribution in [3.63, 3.8) is 0 Å². The molecule has 1 aromatic rings. The summed E-state index contributed by atoms with van der Waals surface area (Å²) in [5, 5.41) is 2.04. The van der Waals surface area contributed by atoms with Gasteiger partial charge in [-0.2, -0.15) is 0 Å². The van der Waals surface area contributed by atoms with E-state index < -0.39 is 0 Å². The third-order valence-corrected chi connectivity index (χ3v) is 3.07. The topological polar surface area (TPSA) is 20.3 Å². The van der Waals surface area contributed by atoms with Crippen molar-refractivity contribution in [2.45, 2.75) is 18.9 Å². The van der Waals surface area contributed by atoms with Crippen molar-refractivity contribution in [3.05, 3.63) is 16.3 Å². The van der Waals surface area contributed by atoms with E-state index in [2.05, 4.69) is 11.9 Å². The molecule has 0 amide bonds. The summed E-state index contributed by atoms with van der Waals surface area (Å²) in [5.41, 5.74) is 1.18. The number of thiophene rings is 1. The van der Waals surface area contributed by atoms with Gasteiger partial charge in [0.05, 0.1) is 4.88 Å². The Balaban J connectivity index is 2.15. The number of carbonyl (C=O) groups excluding carboxylic acids is 1. The van der Waals surface area contributed by atoms with Crippen molar-refractivity contribution < 1.29 is 4.79 Å². The Bertz CT molecular complexity index is 290. The highest BCUT2D eigenvalue weighted by atomic mass is 32.1. The van der Waals surface area contributed by atoms with Gasteiger partial charge in [0, 0.05) is 24.2 Å². The van der Waals surface area contributed by atoms with Gasteiger partial charge in [-0.15, -0.1) is 11.3 Å². The maximum atomic E-state index is 10.4. The van der Waals surface area contributed by atoms with Crippen LogP contribution in [0.15, 0.2) is 11.4 Å². The molecule has 1 heterocycles. The maximum Gasteiger partial charge on any atom is 0.160 e. The molecule has 1 aliphatic rings. The Morgan fingerprint density at radius 2 is 2.42 bits per heavy atom. The second-order valence-electron chi connectivity index (χ2n) is 3.17. The van der Waals surface area contributed by atoms with E-state index in [1.165, 1.54) is 29.9 Å². The Hall–Kier alpha value is -0.830. The Labute approximate surface area is 75.8 Å². The van der Waals surface area contributed by atoms with E-state index in [9.17, 15) is 4.79 Å². The first-order valence-electron chi connectivity index (χ1n) is 4.08. The van der Waals surface area contributed by atoms with E-state index in [0.717, 1.165) is 17.2 Å². The first-order chi connectivity index (χ1) is 5.81. The lowest BCUT2D eigenvalue weighted by atomic mass is 10.4. The summed E-state index contributed by atoms with van der Waals surface area (Å²) in [4.78, 5) is 13.5. The number of carbonyl (C=O) groups is 1. The lowest BCUT2D eigenvalue weighted by molar-refractivity contribution is 0.112. The molecule has 1 aliphatic carbocycles. The van der Waals surface area contributed by atoms with E-state index in [1.807, 2.05) is 11.4 Å². The second-order valence-corrected chi connectivity index (χ2v) is 4.11. The number of nitrogens with zero attached hydrogens (tertiary/aromatic N) is 1. The van der Waals surface area contributed by atoms with E-state index >= 15 is 0 Å². The zero-order valence-electron chi connectivity index (χ0n) is 6.99. The zero-order chi connectivity index (χ0) is 8.55. The molecule has 0 bridgehead atoms. The fraction of sp³-hybridized carbons (Fsp3) is 0.444. The molecule has 0 atom stereocenters. The molecule has 0 aromatic carbocycles. The average Bonchev–Trinajstić information content (AvgIpc) is 2.82. The first-order valence-corrected chi connectivity index (χ1v) is 4.96. The standard InChI is InChI=1S/C9H11NOS/c1-10(7-2-3-7)8-4-9(5-11)12-6-8/h4-7H,2-3H2,1H3. The minimum atomic E-state index is 0.721. The highest BCUT2D eigenvalue weighted by molar-refractivity contribution is 7.12. The van der Waals surface area contributed by atoms with E-state index in [-0.39, 0.29) is 0 Å². The number of rotatable bonds is 3. The van der Waals surface area contributed by atoms with Crippen molar-refractivity contribution in [3.8, 4) is 0 Å². The number of hydrogen-bond donors (Lipinski definition) is 0. The molecule has 1 fully saturated rings. The van der Waals surface area contributed by atoms with Crippen LogP contribution in [-0.2, 0) is 0 Å². The molecule has 2 rings (SSSR count). The van der Waals surface area contributed by atoms with Crippen LogP contribution < -0.4 is 4.90 Å². The summed E-state index contributed by atoms with van der Waals surface area (Å²) in [7, 11) is 2.09. The molecule has 0 spiro atoms. The van der Waals surface area contributed by atoms with Crippen LogP contribution in [0.3, 0.4) is 0 Å². The summed E-state index contributed by atoms with van der Waals surface area (Å²) in [5.74, 6) is 0. The van der Waals surface area contributed by atoms with Gasteiger partial charge in [0.25, 0.3) is 0 Å². The zero-order valence-corrected chi connectivity index (χ0v) is 7.80. The predicted molar refractivity (Wildman–Crippen MR) is 51.1 cm³/mol. The molecule has 0 radical (unpaired) electrons. The van der Waals surface area contributed by atoms with Crippen LogP contribution in [0.1, 0.15) is 22.5 Å². The molecule has 0 unspecified atom stereocenters. The van der Waals surface area contributed by atoms with Gasteiger partial charge in [-0.3, -0.25) is 4.79 Å². The van der Waals surface area contributed by atoms with Gasteiger partial charge in [0.15, 0.2) is 6.29 Å². The van der Waals surface area contributed by atoms with Gasteiger partial charge in [-0.05, 0) is 18.9 Å². The van der Waals surface area contributed by atoms with E-state index in [1.54, 1.807) is 0 Å². The monoisotopic (exact) mass is 181 g/mol. The summed E-state index contributed by atoms with van der Waals surface area (Å²) >= 11 is 1.51. The van der Waals surface area contributed by atoms with Gasteiger partial charge in [-0.25, -0.2) is 0 Å². The van der Waals surface area contributed by atoms with Gasteiger partial charge < -0.3 is 4.90 Å². The Morgan fingerprint density at radius 3 is 2.92 bits per heavy atom. The van der Waals surface area contributed by atoms with Crippen LogP contribution in [0, 0.1) is 0 Å². The Kier molecular flexibility index (Phi) is 1.89. The molecule has 1 saturated carbocycles. The Morgan fingerprint density at radius 1 is 1.67 bits per heavy atom. The van der Waals surface area contributed by atoms with Gasteiger partial charge in [-0.1, -0.05) is 0 Å². The van der Waals surface area contributed by atoms with Crippen LogP contribution in [0.5, 0.6) is 0 Å². The SMILES string of the molecule is CN(c1csc(C=O)c1)C1CC1. The molecule has 12 heavy (non-hydrogen) atoms. The maximum absolute atomic E-state index is 10.4. The van der Waals surface area contributed by atoms with Gasteiger partial charge in [0.1, 0.15) is 0 Å². The number of aldehydes is 1. The highest BCUT2D eigenvalue weighted by Crippen LogP contribution is 2.32. The third-order valence-electron chi connectivity index (χ3n) is 2.22. The van der Waals surface area contributed by atoms with Crippen molar-refractivity contribution in [1.82, 2.24) is 0 Å². The first kappa shape index (κ1) is 7.80. The summed E-state index contributed by atoms with van der Waals surface area (Å²) in [6, 6.07) is 2.68. The molecular weight excluding hydrogens is 170 g/mol. The van der Waals surface area contributed by atoms with Crippen molar-refractivity contribution >= 4 is 23.3 Å². The molecule has 0 saturated heterocycles. The number of anilines is 1. The average molecular weight is 181 g/mol. The van der Waals surface area contributed by atoms with Crippen molar-refractivity contribution in [2.75, 3.05) is 11.9 Å². The minimum Gasteiger partial charge on any atom is -0.371 e. The quantitative estimate of drug-likeness (QED) is 0.666. The van der Waals surface area contributed by atoms with Gasteiger partial charge >= 0.3 is 0 Å². The molecule has 1 aromatic heterocycles. The van der Waals surface area contributed by atoms with E-state index in [0.29, 0.717) is 0 Å². The number of hydrogen-bond acceptors (Lipinski definition) is 3. The van der Waals surface area contributed by atoms with Crippen LogP contribution in [0.4, 0.5) is 5.69 Å². The smallest absolute Gasteiger partial charge is 0.160 e. The van der Waals surface area contributed by atoms with E-state index in [4.69, 9.17) is 0 Å². The lowest BCUT2D eigenvalue weighted by Crippen LogP contribution is -2.18. The van der Waals surface area contributed by atoms with Gasteiger partial charge in [0.2, 0.25) is 0 Å². The minimum absolute atomic E-state index is 0.721. The summed E-state index contributed by atoms with van der Waals surface area (Å²) in [6.45, 7) is 0. The van der Waals surface area contributed by atoms with Crippen molar-refractivity contribution in [1.29, 1.82) is 0 Å². The molecule has 0 N–H and O–H groups in total. The molecule has 2 nitrogen and oxygen atoms in total. The fourth-order valence-corrected chi connectivity index (χ4v) is 2.00. The summed E-state index contributed by atoms with van der Waals surface area (Å²) in [6.07, 6.45) is 3.50. The normalized spacial score (nSPS) is 16.1. The highest BCUT2D eigenvalue weighted by Gasteiger charge is 2.26. The van der Waals surface area contributed by atoms with Crippen LogP contribution in [-0.4, -0.2) is 19.4 Å². The van der Waals surface area contributed by atoms with Crippen LogP contribution in [0.2, 0.25) is 0 Å². The lowest BCUT2D eigenvalue weighted by Gasteiger charge is -2.15. The molecule has 3 heteroatoms. The van der Waals surface area contributed by atoms with Crippen LogP contribution >= 0.6 is 11.3 Å². The van der Waals surface area contributed by atoms with Crippen LogP contribution in [0.25, 0.3) is 0 Å². The molecule has 64 valence electrons. The van der Waals surface area contributed by atoms with Crippen molar-refractivity contribution in [2.24, 2.45) is 0 Å². The molecule has 0 aliphatic heterocycles. The predicted octanol–water partition coefficient (Wildman–Crippen LogP) is 2.16.